The van der Waals surface area contributed by atoms with E-state index in [4.69, 9.17) is 5.73 Å². The van der Waals surface area contributed by atoms with Gasteiger partial charge in [-0.15, -0.1) is 0 Å². The monoisotopic (exact) mass is 262 g/mol. The SMILES string of the molecule is CC(CN1CCCC1)NC(=O)c1ccnc(CN)c1. The summed E-state index contributed by atoms with van der Waals surface area (Å²) in [6, 6.07) is 3.62. The number of hydrogen-bond donors (Lipinski definition) is 2. The van der Waals surface area contributed by atoms with Gasteiger partial charge in [-0.1, -0.05) is 0 Å². The molecule has 0 aromatic carbocycles. The molecular weight excluding hydrogens is 240 g/mol. The van der Waals surface area contributed by atoms with Crippen molar-refractivity contribution >= 4 is 5.91 Å². The maximum atomic E-state index is 12.1. The van der Waals surface area contributed by atoms with Gasteiger partial charge in [0.05, 0.1) is 5.69 Å². The van der Waals surface area contributed by atoms with Gasteiger partial charge in [0.15, 0.2) is 0 Å². The zero-order chi connectivity index (χ0) is 13.7. The third-order valence-corrected chi connectivity index (χ3v) is 3.40. The zero-order valence-corrected chi connectivity index (χ0v) is 11.4. The maximum Gasteiger partial charge on any atom is 0.251 e. The number of likely N-dealkylation sites (tertiary alicyclic amines) is 1. The summed E-state index contributed by atoms with van der Waals surface area (Å²) in [5.74, 6) is -0.0520. The topological polar surface area (TPSA) is 71.2 Å². The summed E-state index contributed by atoms with van der Waals surface area (Å²) in [5, 5.41) is 3.03. The lowest BCUT2D eigenvalue weighted by Gasteiger charge is -2.21. The summed E-state index contributed by atoms with van der Waals surface area (Å²) in [6.07, 6.45) is 4.16. The highest BCUT2D eigenvalue weighted by Crippen LogP contribution is 2.08. The lowest BCUT2D eigenvalue weighted by Crippen LogP contribution is -2.41. The molecule has 0 saturated carbocycles. The van der Waals surface area contributed by atoms with Gasteiger partial charge < -0.3 is 16.0 Å². The second-order valence-electron chi connectivity index (χ2n) is 5.12. The lowest BCUT2D eigenvalue weighted by atomic mass is 10.2. The Morgan fingerprint density at radius 2 is 2.26 bits per heavy atom. The normalized spacial score (nSPS) is 17.4. The van der Waals surface area contributed by atoms with Gasteiger partial charge in [0.2, 0.25) is 0 Å². The highest BCUT2D eigenvalue weighted by molar-refractivity contribution is 5.94. The van der Waals surface area contributed by atoms with Gasteiger partial charge in [0, 0.05) is 30.9 Å². The van der Waals surface area contributed by atoms with Crippen LogP contribution in [0.2, 0.25) is 0 Å². The predicted octanol–water partition coefficient (Wildman–Crippen LogP) is 0.754. The number of nitrogens with zero attached hydrogens (tertiary/aromatic N) is 2. The van der Waals surface area contributed by atoms with Gasteiger partial charge in [0.25, 0.3) is 5.91 Å². The van der Waals surface area contributed by atoms with Crippen molar-refractivity contribution in [2.24, 2.45) is 5.73 Å². The fraction of sp³-hybridized carbons (Fsp3) is 0.571. The molecule has 1 aliphatic heterocycles. The molecule has 0 spiro atoms. The van der Waals surface area contributed by atoms with Crippen molar-refractivity contribution in [2.75, 3.05) is 19.6 Å². The van der Waals surface area contributed by atoms with E-state index in [1.807, 2.05) is 6.92 Å². The molecule has 1 fully saturated rings. The Morgan fingerprint density at radius 1 is 1.53 bits per heavy atom. The Kier molecular flexibility index (Phi) is 4.87. The molecule has 2 rings (SSSR count). The number of carbonyl (C=O) groups excluding carboxylic acids is 1. The van der Waals surface area contributed by atoms with E-state index in [-0.39, 0.29) is 11.9 Å². The van der Waals surface area contributed by atoms with Crippen LogP contribution in [-0.2, 0) is 6.54 Å². The first-order valence-corrected chi connectivity index (χ1v) is 6.87. The van der Waals surface area contributed by atoms with Crippen LogP contribution in [0, 0.1) is 0 Å². The van der Waals surface area contributed by atoms with E-state index in [1.165, 1.54) is 12.8 Å². The fourth-order valence-corrected chi connectivity index (χ4v) is 2.44. The highest BCUT2D eigenvalue weighted by Gasteiger charge is 2.16. The standard InChI is InChI=1S/C14H22N4O/c1-11(10-18-6-2-3-7-18)17-14(19)12-4-5-16-13(8-12)9-15/h4-5,8,11H,2-3,6-7,9-10,15H2,1H3,(H,17,19). The molecule has 1 saturated heterocycles. The Labute approximate surface area is 114 Å². The quantitative estimate of drug-likeness (QED) is 0.821. The molecule has 0 bridgehead atoms. The molecule has 5 heteroatoms. The van der Waals surface area contributed by atoms with Crippen molar-refractivity contribution in [2.45, 2.75) is 32.4 Å². The average Bonchev–Trinajstić information content (AvgIpc) is 2.91. The molecule has 19 heavy (non-hydrogen) atoms. The highest BCUT2D eigenvalue weighted by atomic mass is 16.1. The van der Waals surface area contributed by atoms with Crippen molar-refractivity contribution in [1.82, 2.24) is 15.2 Å². The molecule has 104 valence electrons. The van der Waals surface area contributed by atoms with Gasteiger partial charge >= 0.3 is 0 Å². The van der Waals surface area contributed by atoms with Crippen LogP contribution >= 0.6 is 0 Å². The molecule has 1 unspecified atom stereocenters. The van der Waals surface area contributed by atoms with E-state index >= 15 is 0 Å². The molecule has 1 aromatic heterocycles. The summed E-state index contributed by atoms with van der Waals surface area (Å²) >= 11 is 0. The van der Waals surface area contributed by atoms with Crippen molar-refractivity contribution in [3.63, 3.8) is 0 Å². The lowest BCUT2D eigenvalue weighted by molar-refractivity contribution is 0.0931. The van der Waals surface area contributed by atoms with Crippen LogP contribution in [0.25, 0.3) is 0 Å². The van der Waals surface area contributed by atoms with Crippen LogP contribution in [-0.4, -0.2) is 41.5 Å². The maximum absolute atomic E-state index is 12.1. The number of pyridine rings is 1. The van der Waals surface area contributed by atoms with Gasteiger partial charge in [-0.2, -0.15) is 0 Å². The van der Waals surface area contributed by atoms with Crippen molar-refractivity contribution in [3.8, 4) is 0 Å². The molecule has 0 aliphatic carbocycles. The summed E-state index contributed by atoms with van der Waals surface area (Å²) in [7, 11) is 0. The minimum absolute atomic E-state index is 0.0520. The van der Waals surface area contributed by atoms with E-state index in [0.29, 0.717) is 12.1 Å². The second kappa shape index (κ2) is 6.63. The molecule has 1 atom stereocenters. The van der Waals surface area contributed by atoms with Crippen molar-refractivity contribution < 1.29 is 4.79 Å². The van der Waals surface area contributed by atoms with E-state index in [1.54, 1.807) is 18.3 Å². The van der Waals surface area contributed by atoms with Gasteiger partial charge in [0.1, 0.15) is 0 Å². The molecule has 1 aliphatic rings. The number of rotatable bonds is 5. The molecule has 3 N–H and O–H groups in total. The number of aromatic nitrogens is 1. The smallest absolute Gasteiger partial charge is 0.251 e. The predicted molar refractivity (Wildman–Crippen MR) is 74.7 cm³/mol. The number of amides is 1. The van der Waals surface area contributed by atoms with E-state index in [9.17, 15) is 4.79 Å². The molecule has 0 radical (unpaired) electrons. The number of nitrogens with one attached hydrogen (secondary N) is 1. The summed E-state index contributed by atoms with van der Waals surface area (Å²) in [4.78, 5) is 18.6. The van der Waals surface area contributed by atoms with Crippen LogP contribution in [0.3, 0.4) is 0 Å². The Balaban J connectivity index is 1.88. The first-order valence-electron chi connectivity index (χ1n) is 6.87. The molecule has 1 amide bonds. The van der Waals surface area contributed by atoms with E-state index in [2.05, 4.69) is 15.2 Å². The van der Waals surface area contributed by atoms with E-state index < -0.39 is 0 Å². The van der Waals surface area contributed by atoms with Gasteiger partial charge in [-0.05, 0) is 45.0 Å². The van der Waals surface area contributed by atoms with E-state index in [0.717, 1.165) is 25.3 Å². The third kappa shape index (κ3) is 4.01. The van der Waals surface area contributed by atoms with Crippen LogP contribution in [0.4, 0.5) is 0 Å². The summed E-state index contributed by atoms with van der Waals surface area (Å²) in [5.41, 5.74) is 6.89. The van der Waals surface area contributed by atoms with Crippen LogP contribution in [0.15, 0.2) is 18.3 Å². The first kappa shape index (κ1) is 14.0. The van der Waals surface area contributed by atoms with Crippen LogP contribution in [0.1, 0.15) is 35.8 Å². The Morgan fingerprint density at radius 3 is 2.95 bits per heavy atom. The second-order valence-corrected chi connectivity index (χ2v) is 5.12. The van der Waals surface area contributed by atoms with Gasteiger partial charge in [-0.3, -0.25) is 9.78 Å². The zero-order valence-electron chi connectivity index (χ0n) is 11.4. The number of carbonyl (C=O) groups is 1. The van der Waals surface area contributed by atoms with Crippen LogP contribution in [0.5, 0.6) is 0 Å². The summed E-state index contributed by atoms with van der Waals surface area (Å²) in [6.45, 7) is 5.60. The molecule has 2 heterocycles. The van der Waals surface area contributed by atoms with Crippen molar-refractivity contribution in [3.05, 3.63) is 29.6 Å². The molecule has 5 nitrogen and oxygen atoms in total. The Bertz CT molecular complexity index is 429. The fourth-order valence-electron chi connectivity index (χ4n) is 2.44. The minimum Gasteiger partial charge on any atom is -0.348 e. The third-order valence-electron chi connectivity index (χ3n) is 3.40. The largest absolute Gasteiger partial charge is 0.348 e. The van der Waals surface area contributed by atoms with Crippen molar-refractivity contribution in [1.29, 1.82) is 0 Å². The average molecular weight is 262 g/mol. The molecular formula is C14H22N4O. The number of hydrogen-bond acceptors (Lipinski definition) is 4. The van der Waals surface area contributed by atoms with Gasteiger partial charge in [-0.25, -0.2) is 0 Å². The summed E-state index contributed by atoms with van der Waals surface area (Å²) < 4.78 is 0. The Hall–Kier alpha value is -1.46. The first-order chi connectivity index (χ1) is 9.19. The molecule has 1 aromatic rings. The van der Waals surface area contributed by atoms with Crippen LogP contribution < -0.4 is 11.1 Å². The minimum atomic E-state index is -0.0520. The number of nitrogens with two attached hydrogens (primary N) is 1.